The van der Waals surface area contributed by atoms with E-state index >= 15 is 0 Å². The third-order valence-electron chi connectivity index (χ3n) is 3.01. The molecule has 2 aromatic rings. The maximum absolute atomic E-state index is 13.8. The average Bonchev–Trinajstić information content (AvgIpc) is 2.45. The summed E-state index contributed by atoms with van der Waals surface area (Å²) in [7, 11) is -2.05. The summed E-state index contributed by atoms with van der Waals surface area (Å²) < 4.78 is 44.0. The quantitative estimate of drug-likeness (QED) is 0.853. The van der Waals surface area contributed by atoms with Gasteiger partial charge in [-0.2, -0.15) is 0 Å². The second-order valence-electron chi connectivity index (χ2n) is 4.56. The molecule has 0 aliphatic rings. The van der Waals surface area contributed by atoms with E-state index in [1.807, 2.05) is 0 Å². The van der Waals surface area contributed by atoms with E-state index in [1.165, 1.54) is 13.2 Å². The number of halogens is 1. The Morgan fingerprint density at radius 3 is 2.48 bits per heavy atom. The number of rotatable bonds is 5. The number of methoxy groups -OCH3 is 1. The zero-order chi connectivity index (χ0) is 15.5. The van der Waals surface area contributed by atoms with E-state index in [4.69, 9.17) is 4.74 Å². The highest BCUT2D eigenvalue weighted by atomic mass is 32.2. The predicted molar refractivity (Wildman–Crippen MR) is 80.4 cm³/mol. The minimum absolute atomic E-state index is 0.0708. The maximum Gasteiger partial charge on any atom is 0.232 e. The molecule has 4 nitrogen and oxygen atoms in total. The maximum atomic E-state index is 13.8. The molecule has 0 aliphatic heterocycles. The van der Waals surface area contributed by atoms with Crippen LogP contribution in [-0.4, -0.2) is 21.8 Å². The monoisotopic (exact) mass is 309 g/mol. The van der Waals surface area contributed by atoms with Gasteiger partial charge in [-0.05, 0) is 18.2 Å². The standard InChI is InChI=1S/C15H16FNO3S/c1-20-14-8-5-7-13(10-14)17(21(2,18)19)11-12-6-3-4-9-15(12)16/h3-10H,11H2,1-2H3. The van der Waals surface area contributed by atoms with Crippen molar-refractivity contribution >= 4 is 15.7 Å². The zero-order valence-corrected chi connectivity index (χ0v) is 12.6. The Morgan fingerprint density at radius 1 is 1.14 bits per heavy atom. The SMILES string of the molecule is COc1cccc(N(Cc2ccccc2F)S(C)(=O)=O)c1. The lowest BCUT2D eigenvalue weighted by atomic mass is 10.2. The van der Waals surface area contributed by atoms with E-state index in [2.05, 4.69) is 0 Å². The molecule has 0 aromatic heterocycles. The fourth-order valence-corrected chi connectivity index (χ4v) is 2.82. The lowest BCUT2D eigenvalue weighted by Gasteiger charge is -2.23. The van der Waals surface area contributed by atoms with E-state index in [-0.39, 0.29) is 6.54 Å². The molecule has 21 heavy (non-hydrogen) atoms. The van der Waals surface area contributed by atoms with Crippen LogP contribution in [0.5, 0.6) is 5.75 Å². The molecule has 0 N–H and O–H groups in total. The van der Waals surface area contributed by atoms with Gasteiger partial charge in [0.2, 0.25) is 10.0 Å². The van der Waals surface area contributed by atoms with Gasteiger partial charge in [0.15, 0.2) is 0 Å². The first-order valence-electron chi connectivity index (χ1n) is 6.27. The van der Waals surface area contributed by atoms with Crippen LogP contribution in [0.15, 0.2) is 48.5 Å². The van der Waals surface area contributed by atoms with E-state index in [1.54, 1.807) is 42.5 Å². The van der Waals surface area contributed by atoms with Crippen LogP contribution in [0.4, 0.5) is 10.1 Å². The van der Waals surface area contributed by atoms with Gasteiger partial charge in [-0.3, -0.25) is 4.31 Å². The average molecular weight is 309 g/mol. The third kappa shape index (κ3) is 3.72. The first kappa shape index (κ1) is 15.3. The molecule has 0 atom stereocenters. The largest absolute Gasteiger partial charge is 0.497 e. The van der Waals surface area contributed by atoms with Gasteiger partial charge in [0.05, 0.1) is 25.6 Å². The molecule has 0 bridgehead atoms. The molecule has 6 heteroatoms. The molecule has 2 aromatic carbocycles. The number of anilines is 1. The van der Waals surface area contributed by atoms with Crippen LogP contribution in [0.3, 0.4) is 0 Å². The summed E-state index contributed by atoms with van der Waals surface area (Å²) >= 11 is 0. The molecule has 0 saturated heterocycles. The zero-order valence-electron chi connectivity index (χ0n) is 11.8. The van der Waals surface area contributed by atoms with Crippen molar-refractivity contribution in [1.82, 2.24) is 0 Å². The number of sulfonamides is 1. The van der Waals surface area contributed by atoms with Crippen LogP contribution in [-0.2, 0) is 16.6 Å². The Hall–Kier alpha value is -2.08. The molecule has 0 fully saturated rings. The summed E-state index contributed by atoms with van der Waals surface area (Å²) in [5, 5.41) is 0. The molecule has 112 valence electrons. The van der Waals surface area contributed by atoms with Crippen molar-refractivity contribution in [3.8, 4) is 5.75 Å². The van der Waals surface area contributed by atoms with Gasteiger partial charge < -0.3 is 4.74 Å². The molecule has 0 aliphatic carbocycles. The van der Waals surface area contributed by atoms with Crippen molar-refractivity contribution in [1.29, 1.82) is 0 Å². The number of ether oxygens (including phenoxy) is 1. The molecule has 0 amide bonds. The molecule has 0 radical (unpaired) electrons. The summed E-state index contributed by atoms with van der Waals surface area (Å²) in [6.45, 7) is -0.0708. The Labute approximate surface area is 123 Å². The summed E-state index contributed by atoms with van der Waals surface area (Å²) in [6, 6.07) is 12.8. The van der Waals surface area contributed by atoms with Crippen LogP contribution in [0.2, 0.25) is 0 Å². The second-order valence-corrected chi connectivity index (χ2v) is 6.47. The van der Waals surface area contributed by atoms with Crippen molar-refractivity contribution in [2.75, 3.05) is 17.7 Å². The van der Waals surface area contributed by atoms with Gasteiger partial charge in [-0.15, -0.1) is 0 Å². The van der Waals surface area contributed by atoms with Gasteiger partial charge >= 0.3 is 0 Å². The van der Waals surface area contributed by atoms with Gasteiger partial charge in [-0.1, -0.05) is 24.3 Å². The topological polar surface area (TPSA) is 46.6 Å². The van der Waals surface area contributed by atoms with Crippen molar-refractivity contribution in [3.05, 3.63) is 59.9 Å². The van der Waals surface area contributed by atoms with E-state index in [9.17, 15) is 12.8 Å². The van der Waals surface area contributed by atoms with Crippen LogP contribution in [0, 0.1) is 5.82 Å². The summed E-state index contributed by atoms with van der Waals surface area (Å²) in [4.78, 5) is 0. The Bertz CT molecular complexity index is 731. The highest BCUT2D eigenvalue weighted by Gasteiger charge is 2.19. The fraction of sp³-hybridized carbons (Fsp3) is 0.200. The van der Waals surface area contributed by atoms with Crippen molar-refractivity contribution in [2.24, 2.45) is 0 Å². The van der Waals surface area contributed by atoms with E-state index < -0.39 is 15.8 Å². The molecular weight excluding hydrogens is 293 g/mol. The highest BCUT2D eigenvalue weighted by Crippen LogP contribution is 2.25. The van der Waals surface area contributed by atoms with Gasteiger partial charge in [0, 0.05) is 11.6 Å². The first-order chi connectivity index (χ1) is 9.91. The Balaban J connectivity index is 2.42. The minimum atomic E-state index is -3.55. The third-order valence-corrected chi connectivity index (χ3v) is 4.15. The smallest absolute Gasteiger partial charge is 0.232 e. The van der Waals surface area contributed by atoms with Crippen LogP contribution in [0.1, 0.15) is 5.56 Å². The highest BCUT2D eigenvalue weighted by molar-refractivity contribution is 7.92. The molecule has 0 unspecified atom stereocenters. The number of hydrogen-bond donors (Lipinski definition) is 0. The van der Waals surface area contributed by atoms with Crippen LogP contribution < -0.4 is 9.04 Å². The van der Waals surface area contributed by atoms with Crippen molar-refractivity contribution in [2.45, 2.75) is 6.54 Å². The van der Waals surface area contributed by atoms with E-state index in [0.29, 0.717) is 17.0 Å². The summed E-state index contributed by atoms with van der Waals surface area (Å²) in [5.41, 5.74) is 0.742. The molecule has 0 saturated carbocycles. The van der Waals surface area contributed by atoms with Gasteiger partial charge in [0.1, 0.15) is 11.6 Å². The predicted octanol–water partition coefficient (Wildman–Crippen LogP) is 2.80. The van der Waals surface area contributed by atoms with Crippen molar-refractivity contribution < 1.29 is 17.5 Å². The van der Waals surface area contributed by atoms with Crippen molar-refractivity contribution in [3.63, 3.8) is 0 Å². The molecule has 0 spiro atoms. The summed E-state index contributed by atoms with van der Waals surface area (Å²) in [5.74, 6) is 0.101. The molecular formula is C15H16FNO3S. The lowest BCUT2D eigenvalue weighted by molar-refractivity contribution is 0.415. The van der Waals surface area contributed by atoms with Crippen LogP contribution in [0.25, 0.3) is 0 Å². The molecule has 0 heterocycles. The molecule has 2 rings (SSSR count). The van der Waals surface area contributed by atoms with Gasteiger partial charge in [0.25, 0.3) is 0 Å². The number of benzene rings is 2. The summed E-state index contributed by atoms with van der Waals surface area (Å²) in [6.07, 6.45) is 1.09. The number of nitrogens with zero attached hydrogens (tertiary/aromatic N) is 1. The minimum Gasteiger partial charge on any atom is -0.497 e. The normalized spacial score (nSPS) is 11.2. The fourth-order valence-electron chi connectivity index (χ4n) is 1.95. The Kier molecular flexibility index (Phi) is 4.47. The first-order valence-corrected chi connectivity index (χ1v) is 8.12. The second kappa shape index (κ2) is 6.13. The lowest BCUT2D eigenvalue weighted by Crippen LogP contribution is -2.29. The van der Waals surface area contributed by atoms with Gasteiger partial charge in [-0.25, -0.2) is 12.8 Å². The van der Waals surface area contributed by atoms with Crippen LogP contribution >= 0.6 is 0 Å². The Morgan fingerprint density at radius 2 is 1.86 bits per heavy atom. The van der Waals surface area contributed by atoms with E-state index in [0.717, 1.165) is 10.6 Å². The number of hydrogen-bond acceptors (Lipinski definition) is 3.